The highest BCUT2D eigenvalue weighted by Crippen LogP contribution is 2.12. The van der Waals surface area contributed by atoms with Gasteiger partial charge < -0.3 is 20.3 Å². The monoisotopic (exact) mass is 319 g/mol. The van der Waals surface area contributed by atoms with E-state index in [1.54, 1.807) is 14.2 Å². The molecule has 23 heavy (non-hydrogen) atoms. The summed E-state index contributed by atoms with van der Waals surface area (Å²) in [4.78, 5) is 9.08. The molecular weight excluding hydrogens is 290 g/mol. The van der Waals surface area contributed by atoms with Crippen LogP contribution in [0.15, 0.2) is 29.3 Å². The number of likely N-dealkylation sites (N-methyl/N-ethyl adjacent to an activating group) is 2. The molecule has 2 N–H and O–H groups in total. The molecule has 0 aromatic heterocycles. The highest BCUT2D eigenvalue weighted by molar-refractivity contribution is 5.79. The SMILES string of the molecule is CN=C(NCc1cccc(OC)c1)NCC1CN(C)CCN1C. The lowest BCUT2D eigenvalue weighted by molar-refractivity contribution is 0.116. The Morgan fingerprint density at radius 3 is 2.87 bits per heavy atom. The zero-order valence-electron chi connectivity index (χ0n) is 14.7. The third-order valence-electron chi connectivity index (χ3n) is 4.30. The zero-order valence-corrected chi connectivity index (χ0v) is 14.7. The highest BCUT2D eigenvalue weighted by Gasteiger charge is 2.21. The maximum absolute atomic E-state index is 5.25. The molecule has 128 valence electrons. The number of guanidine groups is 1. The van der Waals surface area contributed by atoms with Crippen molar-refractivity contribution < 1.29 is 4.74 Å². The van der Waals surface area contributed by atoms with E-state index in [0.717, 1.165) is 44.4 Å². The number of nitrogens with one attached hydrogen (secondary N) is 2. The van der Waals surface area contributed by atoms with Crippen molar-refractivity contribution in [1.29, 1.82) is 0 Å². The van der Waals surface area contributed by atoms with Gasteiger partial charge >= 0.3 is 0 Å². The van der Waals surface area contributed by atoms with Gasteiger partial charge in [0.15, 0.2) is 5.96 Å². The van der Waals surface area contributed by atoms with E-state index in [1.807, 2.05) is 18.2 Å². The van der Waals surface area contributed by atoms with Crippen LogP contribution in [0.4, 0.5) is 0 Å². The van der Waals surface area contributed by atoms with Crippen molar-refractivity contribution in [3.05, 3.63) is 29.8 Å². The van der Waals surface area contributed by atoms with Crippen LogP contribution in [0.25, 0.3) is 0 Å². The minimum absolute atomic E-state index is 0.504. The molecule has 1 saturated heterocycles. The Labute approximate surface area is 139 Å². The molecule has 1 aromatic rings. The van der Waals surface area contributed by atoms with Gasteiger partial charge in [0.25, 0.3) is 0 Å². The number of aliphatic imine (C=N–C) groups is 1. The molecule has 0 amide bonds. The molecule has 2 rings (SSSR count). The summed E-state index contributed by atoms with van der Waals surface area (Å²) in [5.41, 5.74) is 1.17. The smallest absolute Gasteiger partial charge is 0.191 e. The third-order valence-corrected chi connectivity index (χ3v) is 4.30. The van der Waals surface area contributed by atoms with E-state index >= 15 is 0 Å². The molecule has 1 aliphatic rings. The van der Waals surface area contributed by atoms with Crippen LogP contribution in [-0.4, -0.2) is 76.2 Å². The summed E-state index contributed by atoms with van der Waals surface area (Å²) in [7, 11) is 7.85. The highest BCUT2D eigenvalue weighted by atomic mass is 16.5. The van der Waals surface area contributed by atoms with Crippen molar-refractivity contribution in [1.82, 2.24) is 20.4 Å². The largest absolute Gasteiger partial charge is 0.497 e. The maximum Gasteiger partial charge on any atom is 0.191 e. The lowest BCUT2D eigenvalue weighted by Crippen LogP contribution is -2.55. The number of methoxy groups -OCH3 is 1. The van der Waals surface area contributed by atoms with Crippen LogP contribution in [0.3, 0.4) is 0 Å². The van der Waals surface area contributed by atoms with Crippen LogP contribution >= 0.6 is 0 Å². The number of ether oxygens (including phenoxy) is 1. The molecule has 1 fully saturated rings. The van der Waals surface area contributed by atoms with E-state index in [4.69, 9.17) is 4.74 Å². The first-order valence-electron chi connectivity index (χ1n) is 8.08. The average molecular weight is 319 g/mol. The molecule has 1 atom stereocenters. The van der Waals surface area contributed by atoms with Crippen molar-refractivity contribution in [2.24, 2.45) is 4.99 Å². The van der Waals surface area contributed by atoms with E-state index in [9.17, 15) is 0 Å². The van der Waals surface area contributed by atoms with E-state index in [2.05, 4.69) is 45.6 Å². The fourth-order valence-corrected chi connectivity index (χ4v) is 2.73. The first kappa shape index (κ1) is 17.6. The van der Waals surface area contributed by atoms with Crippen LogP contribution < -0.4 is 15.4 Å². The van der Waals surface area contributed by atoms with Crippen LogP contribution in [0.1, 0.15) is 5.56 Å². The van der Waals surface area contributed by atoms with Gasteiger partial charge in [0.05, 0.1) is 7.11 Å². The Morgan fingerprint density at radius 1 is 1.30 bits per heavy atom. The number of piperazine rings is 1. The molecule has 1 unspecified atom stereocenters. The molecule has 6 heteroatoms. The number of rotatable bonds is 5. The third kappa shape index (κ3) is 5.41. The quantitative estimate of drug-likeness (QED) is 0.615. The molecule has 6 nitrogen and oxygen atoms in total. The van der Waals surface area contributed by atoms with Gasteiger partial charge in [-0.1, -0.05) is 12.1 Å². The number of benzene rings is 1. The fraction of sp³-hybridized carbons (Fsp3) is 0.588. The number of hydrogen-bond donors (Lipinski definition) is 2. The minimum Gasteiger partial charge on any atom is -0.497 e. The minimum atomic E-state index is 0.504. The van der Waals surface area contributed by atoms with Crippen LogP contribution in [0.5, 0.6) is 5.75 Å². The molecular formula is C17H29N5O. The van der Waals surface area contributed by atoms with Gasteiger partial charge in [-0.3, -0.25) is 9.89 Å². The Bertz CT molecular complexity index is 519. The summed E-state index contributed by atoms with van der Waals surface area (Å²) in [6.45, 7) is 4.93. The molecule has 1 aliphatic heterocycles. The topological polar surface area (TPSA) is 52.1 Å². The normalized spacial score (nSPS) is 20.3. The van der Waals surface area contributed by atoms with Gasteiger partial charge in [0.1, 0.15) is 5.75 Å². The van der Waals surface area contributed by atoms with Gasteiger partial charge in [0.2, 0.25) is 0 Å². The molecule has 0 spiro atoms. The second-order valence-electron chi connectivity index (χ2n) is 6.05. The van der Waals surface area contributed by atoms with Gasteiger partial charge in [0, 0.05) is 45.8 Å². The number of nitrogens with zero attached hydrogens (tertiary/aromatic N) is 3. The van der Waals surface area contributed by atoms with Gasteiger partial charge in [-0.2, -0.15) is 0 Å². The first-order chi connectivity index (χ1) is 11.1. The second-order valence-corrected chi connectivity index (χ2v) is 6.05. The van der Waals surface area contributed by atoms with Crippen LogP contribution in [0.2, 0.25) is 0 Å². The summed E-state index contributed by atoms with van der Waals surface area (Å²) in [5.74, 6) is 1.70. The van der Waals surface area contributed by atoms with Crippen LogP contribution in [0, 0.1) is 0 Å². The lowest BCUT2D eigenvalue weighted by Gasteiger charge is -2.37. The van der Waals surface area contributed by atoms with E-state index in [0.29, 0.717) is 6.04 Å². The predicted octanol–water partition coefficient (Wildman–Crippen LogP) is 0.606. The Hall–Kier alpha value is -1.79. The summed E-state index contributed by atoms with van der Waals surface area (Å²) in [6, 6.07) is 8.56. The van der Waals surface area contributed by atoms with E-state index < -0.39 is 0 Å². The molecule has 1 heterocycles. The molecule has 0 radical (unpaired) electrons. The lowest BCUT2D eigenvalue weighted by atomic mass is 10.2. The van der Waals surface area contributed by atoms with Crippen molar-refractivity contribution in [3.63, 3.8) is 0 Å². The summed E-state index contributed by atoms with van der Waals surface area (Å²) in [6.07, 6.45) is 0. The summed E-state index contributed by atoms with van der Waals surface area (Å²) < 4.78 is 5.25. The van der Waals surface area contributed by atoms with Crippen molar-refractivity contribution in [2.75, 3.05) is 54.4 Å². The van der Waals surface area contributed by atoms with Gasteiger partial charge in [-0.25, -0.2) is 0 Å². The fourth-order valence-electron chi connectivity index (χ4n) is 2.73. The van der Waals surface area contributed by atoms with Crippen LogP contribution in [-0.2, 0) is 6.54 Å². The van der Waals surface area contributed by atoms with Gasteiger partial charge in [-0.15, -0.1) is 0 Å². The second kappa shape index (κ2) is 8.74. The van der Waals surface area contributed by atoms with Crippen molar-refractivity contribution >= 4 is 5.96 Å². The van der Waals surface area contributed by atoms with E-state index in [1.165, 1.54) is 5.56 Å². The van der Waals surface area contributed by atoms with Gasteiger partial charge in [-0.05, 0) is 31.8 Å². The zero-order chi connectivity index (χ0) is 16.7. The first-order valence-corrected chi connectivity index (χ1v) is 8.08. The van der Waals surface area contributed by atoms with Crippen molar-refractivity contribution in [2.45, 2.75) is 12.6 Å². The average Bonchev–Trinajstić information content (AvgIpc) is 2.58. The summed E-state index contributed by atoms with van der Waals surface area (Å²) >= 11 is 0. The molecule has 0 saturated carbocycles. The number of hydrogen-bond acceptors (Lipinski definition) is 4. The van der Waals surface area contributed by atoms with Crippen molar-refractivity contribution in [3.8, 4) is 5.75 Å². The molecule has 0 bridgehead atoms. The summed E-state index contributed by atoms with van der Waals surface area (Å²) in [5, 5.41) is 6.78. The molecule has 1 aromatic carbocycles. The Morgan fingerprint density at radius 2 is 2.13 bits per heavy atom. The van der Waals surface area contributed by atoms with E-state index in [-0.39, 0.29) is 0 Å². The Kier molecular flexibility index (Phi) is 6.67. The molecule has 0 aliphatic carbocycles. The predicted molar refractivity (Wildman–Crippen MR) is 95.1 cm³/mol. The standard InChI is InChI=1S/C17H29N5O/c1-18-17(19-11-14-6-5-7-16(10-14)23-4)20-12-15-13-21(2)8-9-22(15)3/h5-7,10,15H,8-9,11-13H2,1-4H3,(H2,18,19,20). The maximum atomic E-state index is 5.25. The Balaban J connectivity index is 1.81.